The zero-order valence-corrected chi connectivity index (χ0v) is 9.01. The van der Waals surface area contributed by atoms with Crippen LogP contribution in [-0.4, -0.2) is 11.5 Å². The molecule has 3 heteroatoms. The van der Waals surface area contributed by atoms with Crippen LogP contribution in [0.2, 0.25) is 5.02 Å². The van der Waals surface area contributed by atoms with Crippen LogP contribution in [-0.2, 0) is 4.79 Å². The van der Waals surface area contributed by atoms with Gasteiger partial charge >= 0.3 is 0 Å². The number of hydrogen-bond acceptors (Lipinski definition) is 2. The number of hydrogen-bond donors (Lipinski definition) is 0. The van der Waals surface area contributed by atoms with E-state index in [4.69, 9.17) is 11.6 Å². The van der Waals surface area contributed by atoms with E-state index >= 15 is 0 Å². The molecule has 0 unspecified atom stereocenters. The van der Waals surface area contributed by atoms with Crippen molar-refractivity contribution in [3.05, 3.63) is 29.3 Å². The van der Waals surface area contributed by atoms with E-state index in [1.807, 2.05) is 19.1 Å². The molecule has 74 valence electrons. The lowest BCUT2D eigenvalue weighted by atomic mass is 10.2. The maximum atomic E-state index is 10.8. The molecule has 0 atom stereocenters. The maximum Gasteiger partial charge on any atom is 0.135 e. The van der Waals surface area contributed by atoms with Crippen LogP contribution in [0.25, 0.3) is 0 Å². The molecule has 0 radical (unpaired) electrons. The van der Waals surface area contributed by atoms with Crippen LogP contribution < -0.4 is 0 Å². The molecule has 0 aliphatic heterocycles. The Labute approximate surface area is 88.6 Å². The smallest absolute Gasteiger partial charge is 0.135 e. The Morgan fingerprint density at radius 3 is 2.36 bits per heavy atom. The van der Waals surface area contributed by atoms with E-state index in [-0.39, 0.29) is 5.78 Å². The van der Waals surface area contributed by atoms with Gasteiger partial charge in [0.05, 0.1) is 5.69 Å². The molecule has 0 aliphatic rings. The predicted octanol–water partition coefficient (Wildman–Crippen LogP) is 3.41. The average Bonchev–Trinajstić information content (AvgIpc) is 2.07. The van der Waals surface area contributed by atoms with Gasteiger partial charge in [0.2, 0.25) is 0 Å². The second kappa shape index (κ2) is 4.91. The van der Waals surface area contributed by atoms with E-state index in [1.54, 1.807) is 19.1 Å². The molecule has 0 saturated heterocycles. The van der Waals surface area contributed by atoms with Gasteiger partial charge in [-0.1, -0.05) is 11.6 Å². The quantitative estimate of drug-likeness (QED) is 0.702. The minimum atomic E-state index is 0.125. The maximum absolute atomic E-state index is 10.8. The zero-order valence-electron chi connectivity index (χ0n) is 8.25. The van der Waals surface area contributed by atoms with E-state index in [1.165, 1.54) is 0 Å². The predicted molar refractivity (Wildman–Crippen MR) is 59.5 cm³/mol. The van der Waals surface area contributed by atoms with Gasteiger partial charge in [-0.2, -0.15) is 0 Å². The number of ketones is 1. The lowest BCUT2D eigenvalue weighted by Gasteiger charge is -1.97. The molecule has 0 fully saturated rings. The molecule has 0 amide bonds. The SMILES string of the molecule is CC(=O)CC(C)=Nc1ccc(Cl)cc1. The molecule has 1 rings (SSSR count). The summed E-state index contributed by atoms with van der Waals surface area (Å²) < 4.78 is 0. The van der Waals surface area contributed by atoms with Crippen LogP contribution in [0.5, 0.6) is 0 Å². The highest BCUT2D eigenvalue weighted by Crippen LogP contribution is 2.16. The number of aliphatic imine (C=N–C) groups is 1. The molecule has 0 aliphatic carbocycles. The minimum absolute atomic E-state index is 0.125. The summed E-state index contributed by atoms with van der Waals surface area (Å²) in [6, 6.07) is 7.21. The molecule has 0 saturated carbocycles. The van der Waals surface area contributed by atoms with Crippen LogP contribution in [0.15, 0.2) is 29.3 Å². The Bertz CT molecular complexity index is 354. The number of carbonyl (C=O) groups excluding carboxylic acids is 1. The van der Waals surface area contributed by atoms with Crippen molar-refractivity contribution in [1.82, 2.24) is 0 Å². The Morgan fingerprint density at radius 2 is 1.86 bits per heavy atom. The van der Waals surface area contributed by atoms with Crippen molar-refractivity contribution < 1.29 is 4.79 Å². The first-order chi connectivity index (χ1) is 6.58. The van der Waals surface area contributed by atoms with Crippen LogP contribution in [0, 0.1) is 0 Å². The fraction of sp³-hybridized carbons (Fsp3) is 0.273. The second-order valence-electron chi connectivity index (χ2n) is 3.20. The summed E-state index contributed by atoms with van der Waals surface area (Å²) in [4.78, 5) is 15.1. The van der Waals surface area contributed by atoms with Crippen LogP contribution in [0.3, 0.4) is 0 Å². The third-order valence-electron chi connectivity index (χ3n) is 1.65. The first-order valence-corrected chi connectivity index (χ1v) is 4.75. The van der Waals surface area contributed by atoms with Crippen LogP contribution in [0.1, 0.15) is 20.3 Å². The van der Waals surface area contributed by atoms with E-state index in [0.717, 1.165) is 11.4 Å². The monoisotopic (exact) mass is 209 g/mol. The van der Waals surface area contributed by atoms with E-state index < -0.39 is 0 Å². The summed E-state index contributed by atoms with van der Waals surface area (Å²) in [5, 5.41) is 0.688. The number of nitrogens with zero attached hydrogens (tertiary/aromatic N) is 1. The minimum Gasteiger partial charge on any atom is -0.300 e. The molecule has 1 aromatic rings. The molecule has 0 aromatic heterocycles. The summed E-state index contributed by atoms with van der Waals surface area (Å²) in [6.07, 6.45) is 0.405. The van der Waals surface area contributed by atoms with Crippen molar-refractivity contribution in [2.24, 2.45) is 4.99 Å². The van der Waals surface area contributed by atoms with Crippen molar-refractivity contribution in [1.29, 1.82) is 0 Å². The van der Waals surface area contributed by atoms with Crippen LogP contribution in [0.4, 0.5) is 5.69 Å². The molecule has 0 N–H and O–H groups in total. The van der Waals surface area contributed by atoms with E-state index in [0.29, 0.717) is 11.4 Å². The summed E-state index contributed by atoms with van der Waals surface area (Å²) >= 11 is 5.73. The Balaban J connectivity index is 2.76. The van der Waals surface area contributed by atoms with Gasteiger partial charge in [-0.25, -0.2) is 0 Å². The average molecular weight is 210 g/mol. The normalized spacial score (nSPS) is 11.5. The molecule has 1 aromatic carbocycles. The summed E-state index contributed by atoms with van der Waals surface area (Å²) in [5.41, 5.74) is 1.65. The lowest BCUT2D eigenvalue weighted by molar-refractivity contribution is -0.115. The summed E-state index contributed by atoms with van der Waals surface area (Å²) in [6.45, 7) is 3.40. The highest BCUT2D eigenvalue weighted by atomic mass is 35.5. The third kappa shape index (κ3) is 3.71. The fourth-order valence-electron chi connectivity index (χ4n) is 1.14. The van der Waals surface area contributed by atoms with Gasteiger partial charge in [-0.3, -0.25) is 9.79 Å². The van der Waals surface area contributed by atoms with E-state index in [9.17, 15) is 4.79 Å². The molecule has 0 heterocycles. The number of rotatable bonds is 3. The topological polar surface area (TPSA) is 29.4 Å². The first-order valence-electron chi connectivity index (χ1n) is 4.37. The van der Waals surface area contributed by atoms with Gasteiger partial charge in [0.15, 0.2) is 0 Å². The Hall–Kier alpha value is -1.15. The van der Waals surface area contributed by atoms with Gasteiger partial charge in [-0.05, 0) is 38.1 Å². The molecule has 0 spiro atoms. The number of benzene rings is 1. The largest absolute Gasteiger partial charge is 0.300 e. The number of Topliss-reactive ketones (excluding diaryl/α,β-unsaturated/α-hetero) is 1. The molecule has 2 nitrogen and oxygen atoms in total. The fourth-order valence-corrected chi connectivity index (χ4v) is 1.26. The van der Waals surface area contributed by atoms with Crippen molar-refractivity contribution in [2.45, 2.75) is 20.3 Å². The molecule has 0 bridgehead atoms. The number of carbonyl (C=O) groups is 1. The van der Waals surface area contributed by atoms with Crippen molar-refractivity contribution in [2.75, 3.05) is 0 Å². The van der Waals surface area contributed by atoms with Gasteiger partial charge in [0.25, 0.3) is 0 Å². The van der Waals surface area contributed by atoms with Gasteiger partial charge in [0.1, 0.15) is 5.78 Å². The third-order valence-corrected chi connectivity index (χ3v) is 1.90. The lowest BCUT2D eigenvalue weighted by Crippen LogP contribution is -1.98. The standard InChI is InChI=1S/C11H12ClNO/c1-8(7-9(2)14)13-11-5-3-10(12)4-6-11/h3-6H,7H2,1-2H3. The van der Waals surface area contributed by atoms with Crippen LogP contribution >= 0.6 is 11.6 Å². The molecule has 14 heavy (non-hydrogen) atoms. The van der Waals surface area contributed by atoms with Gasteiger partial charge in [-0.15, -0.1) is 0 Å². The summed E-state index contributed by atoms with van der Waals surface area (Å²) in [5.74, 6) is 0.125. The molecular formula is C11H12ClNO. The van der Waals surface area contributed by atoms with Gasteiger partial charge < -0.3 is 0 Å². The summed E-state index contributed by atoms with van der Waals surface area (Å²) in [7, 11) is 0. The van der Waals surface area contributed by atoms with Crippen molar-refractivity contribution >= 4 is 28.8 Å². The van der Waals surface area contributed by atoms with Crippen molar-refractivity contribution in [3.8, 4) is 0 Å². The Kier molecular flexibility index (Phi) is 3.84. The van der Waals surface area contributed by atoms with E-state index in [2.05, 4.69) is 4.99 Å². The number of halogens is 1. The first kappa shape index (κ1) is 10.9. The van der Waals surface area contributed by atoms with Gasteiger partial charge in [0, 0.05) is 17.2 Å². The Morgan fingerprint density at radius 1 is 1.29 bits per heavy atom. The van der Waals surface area contributed by atoms with Crippen molar-refractivity contribution in [3.63, 3.8) is 0 Å². The highest BCUT2D eigenvalue weighted by molar-refractivity contribution is 6.30. The second-order valence-corrected chi connectivity index (χ2v) is 3.64. The highest BCUT2D eigenvalue weighted by Gasteiger charge is 1.97. The molecular weight excluding hydrogens is 198 g/mol. The zero-order chi connectivity index (χ0) is 10.6.